The fourth-order valence-electron chi connectivity index (χ4n) is 4.49. The number of nitrogens with zero attached hydrogens (tertiary/aromatic N) is 3. The second-order valence-corrected chi connectivity index (χ2v) is 8.51. The van der Waals surface area contributed by atoms with Gasteiger partial charge in [-0.2, -0.15) is 0 Å². The number of rotatable bonds is 5. The minimum atomic E-state index is -0.474. The number of aromatic nitrogens is 3. The molecule has 0 aliphatic carbocycles. The van der Waals surface area contributed by atoms with Gasteiger partial charge in [-0.05, 0) is 40.1 Å². The summed E-state index contributed by atoms with van der Waals surface area (Å²) in [5, 5.41) is 16.1. The molecule has 0 saturated carbocycles. The smallest absolute Gasteiger partial charge is 0.332 e. The normalized spacial score (nSPS) is 11.3. The molecule has 2 heterocycles. The van der Waals surface area contributed by atoms with Crippen LogP contribution in [0.3, 0.4) is 0 Å². The van der Waals surface area contributed by atoms with Crippen LogP contribution >= 0.6 is 0 Å². The molecule has 0 radical (unpaired) electrons. The number of nitrogens with one attached hydrogen (secondary N) is 1. The molecule has 176 valence electrons. The molecular weight excluding hydrogens is 442 g/mol. The van der Waals surface area contributed by atoms with Gasteiger partial charge in [0, 0.05) is 38.3 Å². The van der Waals surface area contributed by atoms with Crippen molar-refractivity contribution in [3.8, 4) is 16.9 Å². The number of hydrogen-bond donors (Lipinski definition) is 3. The summed E-state index contributed by atoms with van der Waals surface area (Å²) in [5.74, 6) is 0.539. The topological polar surface area (TPSA) is 115 Å². The van der Waals surface area contributed by atoms with E-state index in [0.29, 0.717) is 29.1 Å². The molecule has 8 nitrogen and oxygen atoms in total. The van der Waals surface area contributed by atoms with Gasteiger partial charge in [-0.15, -0.1) is 0 Å². The summed E-state index contributed by atoms with van der Waals surface area (Å²) in [7, 11) is 3.02. The van der Waals surface area contributed by atoms with Crippen LogP contribution in [0.15, 0.2) is 76.3 Å². The lowest BCUT2D eigenvalue weighted by Crippen LogP contribution is -2.38. The van der Waals surface area contributed by atoms with Crippen LogP contribution in [-0.2, 0) is 27.2 Å². The highest BCUT2D eigenvalue weighted by Gasteiger charge is 2.22. The van der Waals surface area contributed by atoms with Crippen molar-refractivity contribution in [1.29, 1.82) is 0 Å². The Labute approximate surface area is 200 Å². The van der Waals surface area contributed by atoms with E-state index < -0.39 is 11.2 Å². The number of anilines is 1. The number of fused-ring (bicyclic) bond motifs is 2. The molecular formula is C27H25N5O3. The van der Waals surface area contributed by atoms with Gasteiger partial charge in [0.25, 0.3) is 5.56 Å². The van der Waals surface area contributed by atoms with Crippen molar-refractivity contribution in [3.63, 3.8) is 0 Å². The zero-order valence-electron chi connectivity index (χ0n) is 19.4. The molecule has 3 aromatic carbocycles. The lowest BCUT2D eigenvalue weighted by Gasteiger charge is -2.19. The lowest BCUT2D eigenvalue weighted by molar-refractivity contribution is 0.475. The molecule has 5 aromatic rings. The predicted octanol–water partition coefficient (Wildman–Crippen LogP) is 3.23. The van der Waals surface area contributed by atoms with Gasteiger partial charge >= 0.3 is 5.69 Å². The highest BCUT2D eigenvalue weighted by atomic mass is 16.3. The molecule has 0 amide bonds. The van der Waals surface area contributed by atoms with Crippen molar-refractivity contribution in [2.45, 2.75) is 13.1 Å². The number of aryl methyl sites for hydroxylation is 1. The second kappa shape index (κ2) is 8.73. The maximum Gasteiger partial charge on any atom is 0.332 e. The Kier molecular flexibility index (Phi) is 5.58. The van der Waals surface area contributed by atoms with E-state index in [4.69, 9.17) is 10.7 Å². The Balaban J connectivity index is 1.73. The first kappa shape index (κ1) is 22.4. The van der Waals surface area contributed by atoms with E-state index >= 15 is 0 Å². The van der Waals surface area contributed by atoms with E-state index in [2.05, 4.69) is 29.6 Å². The number of phenolic OH excluding ortho intramolecular Hbond substituents is 1. The summed E-state index contributed by atoms with van der Waals surface area (Å²) in [6, 6.07) is 21.0. The van der Waals surface area contributed by atoms with Crippen molar-refractivity contribution >= 4 is 27.6 Å². The Bertz CT molecular complexity index is 1720. The van der Waals surface area contributed by atoms with Gasteiger partial charge in [0.05, 0.1) is 5.39 Å². The Morgan fingerprint density at radius 3 is 2.46 bits per heavy atom. The average Bonchev–Trinajstić information content (AvgIpc) is 2.88. The largest absolute Gasteiger partial charge is 0.508 e. The third kappa shape index (κ3) is 3.83. The first-order valence-electron chi connectivity index (χ1n) is 11.2. The first-order valence-corrected chi connectivity index (χ1v) is 11.2. The second-order valence-electron chi connectivity index (χ2n) is 8.51. The molecule has 35 heavy (non-hydrogen) atoms. The van der Waals surface area contributed by atoms with Crippen LogP contribution in [0.5, 0.6) is 5.75 Å². The van der Waals surface area contributed by atoms with Gasteiger partial charge < -0.3 is 16.2 Å². The Hall–Kier alpha value is -4.43. The maximum atomic E-state index is 13.2. The Morgan fingerprint density at radius 2 is 1.71 bits per heavy atom. The van der Waals surface area contributed by atoms with Gasteiger partial charge in [0.2, 0.25) is 0 Å². The van der Waals surface area contributed by atoms with Crippen molar-refractivity contribution < 1.29 is 5.11 Å². The number of nitrogens with two attached hydrogens (primary N) is 1. The third-order valence-electron chi connectivity index (χ3n) is 6.30. The fraction of sp³-hybridized carbons (Fsp3) is 0.148. The monoisotopic (exact) mass is 467 g/mol. The maximum absolute atomic E-state index is 13.2. The molecule has 0 bridgehead atoms. The molecule has 0 spiro atoms. The fourth-order valence-corrected chi connectivity index (χ4v) is 4.49. The quantitative estimate of drug-likeness (QED) is 0.366. The van der Waals surface area contributed by atoms with Crippen LogP contribution in [-0.4, -0.2) is 19.2 Å². The molecule has 5 rings (SSSR count). The van der Waals surface area contributed by atoms with Crippen molar-refractivity contribution in [3.05, 3.63) is 98.7 Å². The van der Waals surface area contributed by atoms with E-state index in [0.717, 1.165) is 20.9 Å². The Morgan fingerprint density at radius 1 is 0.943 bits per heavy atom. The van der Waals surface area contributed by atoms with Crippen LogP contribution in [0.4, 0.5) is 5.82 Å². The van der Waals surface area contributed by atoms with E-state index in [1.807, 2.05) is 18.2 Å². The molecule has 2 aromatic heterocycles. The number of pyridine rings is 1. The summed E-state index contributed by atoms with van der Waals surface area (Å²) in [4.78, 5) is 30.6. The zero-order valence-corrected chi connectivity index (χ0v) is 19.4. The van der Waals surface area contributed by atoms with E-state index in [-0.39, 0.29) is 23.3 Å². The van der Waals surface area contributed by atoms with Gasteiger partial charge in [-0.25, -0.2) is 9.78 Å². The summed E-state index contributed by atoms with van der Waals surface area (Å²) in [5.41, 5.74) is 8.33. The van der Waals surface area contributed by atoms with Gasteiger partial charge in [-0.1, -0.05) is 48.5 Å². The van der Waals surface area contributed by atoms with Gasteiger partial charge in [-0.3, -0.25) is 13.9 Å². The number of phenols is 1. The summed E-state index contributed by atoms with van der Waals surface area (Å²) in [6.45, 7) is 0.564. The summed E-state index contributed by atoms with van der Waals surface area (Å²) < 4.78 is 2.41. The zero-order chi connectivity index (χ0) is 24.7. The lowest BCUT2D eigenvalue weighted by atomic mass is 9.96. The average molecular weight is 468 g/mol. The minimum absolute atomic E-state index is 0.0581. The molecule has 0 aliphatic heterocycles. The molecule has 4 N–H and O–H groups in total. The van der Waals surface area contributed by atoms with Crippen LogP contribution in [0, 0.1) is 0 Å². The van der Waals surface area contributed by atoms with Crippen molar-refractivity contribution in [1.82, 2.24) is 14.1 Å². The van der Waals surface area contributed by atoms with Crippen molar-refractivity contribution in [2.24, 2.45) is 19.8 Å². The molecule has 0 fully saturated rings. The standard InChI is InChI=1S/C27H25N5O3/c1-31-25-23(26(34)32(2)27(31)35)22(19-8-5-9-20(33)13-19)21(14-28)24(30-25)29-15-16-10-11-17-6-3-4-7-18(17)12-16/h3-13,33H,14-15,28H2,1-2H3,(H,29,30). The van der Waals surface area contributed by atoms with Crippen LogP contribution < -0.4 is 22.3 Å². The highest BCUT2D eigenvalue weighted by molar-refractivity contribution is 5.97. The first-order chi connectivity index (χ1) is 16.9. The van der Waals surface area contributed by atoms with Gasteiger partial charge in [0.1, 0.15) is 11.6 Å². The van der Waals surface area contributed by atoms with Crippen LogP contribution in [0.25, 0.3) is 32.9 Å². The number of aromatic hydroxyl groups is 1. The van der Waals surface area contributed by atoms with Crippen molar-refractivity contribution in [2.75, 3.05) is 5.32 Å². The van der Waals surface area contributed by atoms with E-state index in [9.17, 15) is 14.7 Å². The predicted molar refractivity (Wildman–Crippen MR) is 138 cm³/mol. The molecule has 0 unspecified atom stereocenters. The minimum Gasteiger partial charge on any atom is -0.508 e. The number of hydrogen-bond acceptors (Lipinski definition) is 6. The molecule has 0 aliphatic rings. The molecule has 0 atom stereocenters. The molecule has 8 heteroatoms. The highest BCUT2D eigenvalue weighted by Crippen LogP contribution is 2.34. The summed E-state index contributed by atoms with van der Waals surface area (Å²) >= 11 is 0. The molecule has 0 saturated heterocycles. The van der Waals surface area contributed by atoms with Gasteiger partial charge in [0.15, 0.2) is 5.65 Å². The van der Waals surface area contributed by atoms with Crippen LogP contribution in [0.1, 0.15) is 11.1 Å². The summed E-state index contributed by atoms with van der Waals surface area (Å²) in [6.07, 6.45) is 0. The SMILES string of the molecule is Cn1c(=O)c2c(-c3cccc(O)c3)c(CN)c(NCc3ccc4ccccc4c3)nc2n(C)c1=O. The van der Waals surface area contributed by atoms with E-state index in [1.54, 1.807) is 31.3 Å². The van der Waals surface area contributed by atoms with E-state index in [1.165, 1.54) is 11.6 Å². The third-order valence-corrected chi connectivity index (χ3v) is 6.30. The van der Waals surface area contributed by atoms with Crippen LogP contribution in [0.2, 0.25) is 0 Å². The number of benzene rings is 3.